The van der Waals surface area contributed by atoms with Gasteiger partial charge < -0.3 is 0 Å². The lowest BCUT2D eigenvalue weighted by atomic mass is 10.1. The summed E-state index contributed by atoms with van der Waals surface area (Å²) in [6, 6.07) is 0. The van der Waals surface area contributed by atoms with Crippen LogP contribution in [0, 0.1) is 20.2 Å². The molecule has 6 nitrogen and oxygen atoms in total. The normalized spacial score (nSPS) is 10.2. The van der Waals surface area contributed by atoms with Crippen LogP contribution in [-0.2, 0) is 0 Å². The lowest BCUT2D eigenvalue weighted by Crippen LogP contribution is -2.00. The smallest absolute Gasteiger partial charge is 0.203 e. The highest BCUT2D eigenvalue weighted by Crippen LogP contribution is 2.08. The molecule has 0 saturated heterocycles. The number of hydrogen-bond donors (Lipinski definition) is 0. The van der Waals surface area contributed by atoms with Crippen molar-refractivity contribution < 1.29 is 9.85 Å². The first-order valence-corrected chi connectivity index (χ1v) is 5.86. The Morgan fingerprint density at radius 2 is 0.812 bits per heavy atom. The molecule has 0 unspecified atom stereocenters. The molecule has 0 N–H and O–H groups in total. The van der Waals surface area contributed by atoms with Crippen molar-refractivity contribution >= 4 is 0 Å². The predicted molar refractivity (Wildman–Crippen MR) is 60.7 cm³/mol. The van der Waals surface area contributed by atoms with Crippen molar-refractivity contribution in [2.75, 3.05) is 13.1 Å². The van der Waals surface area contributed by atoms with Gasteiger partial charge in [-0.15, -0.1) is 0 Å². The summed E-state index contributed by atoms with van der Waals surface area (Å²) in [4.78, 5) is 19.5. The summed E-state index contributed by atoms with van der Waals surface area (Å²) in [5, 5.41) is 20.0. The fourth-order valence-electron chi connectivity index (χ4n) is 1.54. The number of unbranched alkanes of at least 4 members (excludes halogenated alkanes) is 7. The van der Waals surface area contributed by atoms with Gasteiger partial charge in [-0.3, -0.25) is 20.2 Å². The molecule has 0 aromatic carbocycles. The third kappa shape index (κ3) is 12.8. The molecule has 6 heteroatoms. The van der Waals surface area contributed by atoms with Crippen LogP contribution in [0.25, 0.3) is 0 Å². The molecule has 0 aliphatic heterocycles. The first-order chi connectivity index (χ1) is 7.63. The molecule has 0 saturated carbocycles. The molecule has 0 bridgehead atoms. The van der Waals surface area contributed by atoms with E-state index in [0.29, 0.717) is 12.8 Å². The van der Waals surface area contributed by atoms with Crippen molar-refractivity contribution in [2.45, 2.75) is 51.4 Å². The standard InChI is InChI=1S/C10H20N2O4/c13-11(14)9-7-5-3-1-2-4-6-8-10-12(15)16/h1-10H2. The zero-order chi connectivity index (χ0) is 12.2. The van der Waals surface area contributed by atoms with E-state index < -0.39 is 0 Å². The van der Waals surface area contributed by atoms with Crippen LogP contribution in [0.3, 0.4) is 0 Å². The Morgan fingerprint density at radius 3 is 1.06 bits per heavy atom. The van der Waals surface area contributed by atoms with Gasteiger partial charge in [0, 0.05) is 22.7 Å². The molecular weight excluding hydrogens is 212 g/mol. The maximum absolute atomic E-state index is 10.0. The first kappa shape index (κ1) is 14.8. The summed E-state index contributed by atoms with van der Waals surface area (Å²) in [7, 11) is 0. The molecule has 0 heterocycles. The van der Waals surface area contributed by atoms with E-state index in [-0.39, 0.29) is 22.9 Å². The van der Waals surface area contributed by atoms with Crippen LogP contribution in [0.1, 0.15) is 51.4 Å². The summed E-state index contributed by atoms with van der Waals surface area (Å²) < 4.78 is 0. The van der Waals surface area contributed by atoms with E-state index in [9.17, 15) is 20.2 Å². The topological polar surface area (TPSA) is 86.3 Å². The zero-order valence-corrected chi connectivity index (χ0v) is 9.60. The van der Waals surface area contributed by atoms with Gasteiger partial charge in [0.2, 0.25) is 13.1 Å². The van der Waals surface area contributed by atoms with E-state index in [0.717, 1.165) is 38.5 Å². The molecule has 0 aromatic heterocycles. The van der Waals surface area contributed by atoms with Crippen molar-refractivity contribution in [1.29, 1.82) is 0 Å². The first-order valence-electron chi connectivity index (χ1n) is 5.86. The Hall–Kier alpha value is -1.20. The van der Waals surface area contributed by atoms with Crippen LogP contribution in [0.5, 0.6) is 0 Å². The van der Waals surface area contributed by atoms with Crippen molar-refractivity contribution in [2.24, 2.45) is 0 Å². The molecule has 0 atom stereocenters. The highest BCUT2D eigenvalue weighted by Gasteiger charge is 1.98. The molecule has 0 rings (SSSR count). The van der Waals surface area contributed by atoms with Crippen LogP contribution in [0.4, 0.5) is 0 Å². The van der Waals surface area contributed by atoms with Crippen LogP contribution in [0.15, 0.2) is 0 Å². The molecule has 0 aliphatic carbocycles. The molecule has 0 spiro atoms. The van der Waals surface area contributed by atoms with Gasteiger partial charge in [0.25, 0.3) is 0 Å². The van der Waals surface area contributed by atoms with E-state index >= 15 is 0 Å². The Morgan fingerprint density at radius 1 is 0.562 bits per heavy atom. The van der Waals surface area contributed by atoms with Crippen molar-refractivity contribution in [3.63, 3.8) is 0 Å². The fraction of sp³-hybridized carbons (Fsp3) is 1.00. The van der Waals surface area contributed by atoms with Gasteiger partial charge in [-0.1, -0.05) is 25.7 Å². The lowest BCUT2D eigenvalue weighted by Gasteiger charge is -1.99. The van der Waals surface area contributed by atoms with Gasteiger partial charge in [-0.05, 0) is 12.8 Å². The van der Waals surface area contributed by atoms with E-state index in [2.05, 4.69) is 0 Å². The van der Waals surface area contributed by atoms with Gasteiger partial charge in [0.1, 0.15) is 0 Å². The van der Waals surface area contributed by atoms with Gasteiger partial charge in [0.15, 0.2) is 0 Å². The molecule has 0 aromatic rings. The van der Waals surface area contributed by atoms with Gasteiger partial charge in [-0.2, -0.15) is 0 Å². The third-order valence-corrected chi connectivity index (χ3v) is 2.43. The van der Waals surface area contributed by atoms with Crippen LogP contribution >= 0.6 is 0 Å². The second-order valence-electron chi connectivity index (χ2n) is 3.94. The van der Waals surface area contributed by atoms with Crippen molar-refractivity contribution in [3.05, 3.63) is 20.2 Å². The van der Waals surface area contributed by atoms with Gasteiger partial charge in [-0.25, -0.2) is 0 Å². The second-order valence-corrected chi connectivity index (χ2v) is 3.94. The third-order valence-electron chi connectivity index (χ3n) is 2.43. The minimum absolute atomic E-state index is 0.0723. The molecule has 0 radical (unpaired) electrons. The Labute approximate surface area is 95.3 Å². The van der Waals surface area contributed by atoms with Crippen molar-refractivity contribution in [1.82, 2.24) is 0 Å². The SMILES string of the molecule is O=[N+]([O-])CCCCCCCCCC[N+](=O)[O-]. The van der Waals surface area contributed by atoms with Crippen LogP contribution in [-0.4, -0.2) is 22.9 Å². The van der Waals surface area contributed by atoms with Gasteiger partial charge >= 0.3 is 0 Å². The predicted octanol–water partition coefficient (Wildman–Crippen LogP) is 2.66. The minimum atomic E-state index is -0.280. The number of nitro groups is 2. The lowest BCUT2D eigenvalue weighted by molar-refractivity contribution is -0.480. The Bertz CT molecular complexity index is 187. The number of rotatable bonds is 11. The minimum Gasteiger partial charge on any atom is -0.265 e. The van der Waals surface area contributed by atoms with Gasteiger partial charge in [0.05, 0.1) is 0 Å². The maximum Gasteiger partial charge on any atom is 0.203 e. The molecule has 94 valence electrons. The summed E-state index contributed by atoms with van der Waals surface area (Å²) in [5.74, 6) is 0. The monoisotopic (exact) mass is 232 g/mol. The van der Waals surface area contributed by atoms with E-state index in [1.807, 2.05) is 0 Å². The molecule has 0 amide bonds. The highest BCUT2D eigenvalue weighted by molar-refractivity contribution is 4.46. The van der Waals surface area contributed by atoms with Crippen LogP contribution < -0.4 is 0 Å². The molecular formula is C10H20N2O4. The quantitative estimate of drug-likeness (QED) is 0.311. The Balaban J connectivity index is 2.98. The summed E-state index contributed by atoms with van der Waals surface area (Å²) in [6.45, 7) is 0.145. The molecule has 0 fully saturated rings. The van der Waals surface area contributed by atoms with E-state index in [1.54, 1.807) is 0 Å². The molecule has 0 aliphatic rings. The zero-order valence-electron chi connectivity index (χ0n) is 9.60. The number of hydrogen-bond acceptors (Lipinski definition) is 4. The van der Waals surface area contributed by atoms with E-state index in [1.165, 1.54) is 0 Å². The number of nitrogens with zero attached hydrogens (tertiary/aromatic N) is 2. The van der Waals surface area contributed by atoms with Crippen molar-refractivity contribution in [3.8, 4) is 0 Å². The van der Waals surface area contributed by atoms with Crippen LogP contribution in [0.2, 0.25) is 0 Å². The summed E-state index contributed by atoms with van der Waals surface area (Å²) >= 11 is 0. The Kier molecular flexibility index (Phi) is 9.55. The fourth-order valence-corrected chi connectivity index (χ4v) is 1.54. The second kappa shape index (κ2) is 10.3. The largest absolute Gasteiger partial charge is 0.265 e. The average molecular weight is 232 g/mol. The summed E-state index contributed by atoms with van der Waals surface area (Å²) in [6.07, 6.45) is 7.37. The maximum atomic E-state index is 10.0. The van der Waals surface area contributed by atoms with E-state index in [4.69, 9.17) is 0 Å². The summed E-state index contributed by atoms with van der Waals surface area (Å²) in [5.41, 5.74) is 0. The molecule has 16 heavy (non-hydrogen) atoms. The highest BCUT2D eigenvalue weighted by atomic mass is 16.6. The average Bonchev–Trinajstić information content (AvgIpc) is 2.20.